The van der Waals surface area contributed by atoms with E-state index in [2.05, 4.69) is 12.2 Å². The zero-order valence-corrected chi connectivity index (χ0v) is 17.2. The van der Waals surface area contributed by atoms with Crippen LogP contribution in [0.2, 0.25) is 5.02 Å². The summed E-state index contributed by atoms with van der Waals surface area (Å²) < 4.78 is 0. The summed E-state index contributed by atoms with van der Waals surface area (Å²) in [5.74, 6) is -0.624. The van der Waals surface area contributed by atoms with Gasteiger partial charge in [-0.1, -0.05) is 30.7 Å². The lowest BCUT2D eigenvalue weighted by molar-refractivity contribution is -0.122. The van der Waals surface area contributed by atoms with Crippen LogP contribution in [0, 0.1) is 24.7 Å². The maximum absolute atomic E-state index is 12.9. The summed E-state index contributed by atoms with van der Waals surface area (Å²) >= 11 is 6.03. The van der Waals surface area contributed by atoms with Crippen LogP contribution in [0.4, 0.5) is 11.4 Å². The van der Waals surface area contributed by atoms with Crippen molar-refractivity contribution >= 4 is 40.7 Å². The van der Waals surface area contributed by atoms with Crippen molar-refractivity contribution in [2.24, 2.45) is 17.8 Å². The molecule has 5 nitrogen and oxygen atoms in total. The third-order valence-corrected chi connectivity index (χ3v) is 6.24. The van der Waals surface area contributed by atoms with Gasteiger partial charge >= 0.3 is 0 Å². The molecule has 1 saturated heterocycles. The number of nitrogens with zero attached hydrogens (tertiary/aromatic N) is 1. The van der Waals surface area contributed by atoms with Crippen molar-refractivity contribution in [2.45, 2.75) is 33.1 Å². The summed E-state index contributed by atoms with van der Waals surface area (Å²) in [4.78, 5) is 39.9. The van der Waals surface area contributed by atoms with Crippen molar-refractivity contribution in [1.82, 2.24) is 0 Å². The summed E-state index contributed by atoms with van der Waals surface area (Å²) in [5.41, 5.74) is 2.35. The van der Waals surface area contributed by atoms with Crippen LogP contribution >= 0.6 is 11.6 Å². The van der Waals surface area contributed by atoms with Crippen molar-refractivity contribution in [3.63, 3.8) is 0 Å². The Balaban J connectivity index is 1.59. The molecule has 1 N–H and O–H groups in total. The highest BCUT2D eigenvalue weighted by molar-refractivity contribution is 6.31. The lowest BCUT2D eigenvalue weighted by atomic mass is 9.76. The first-order chi connectivity index (χ1) is 13.8. The number of anilines is 2. The first-order valence-corrected chi connectivity index (χ1v) is 10.3. The number of benzene rings is 2. The topological polar surface area (TPSA) is 66.5 Å². The standard InChI is InChI=1S/C23H23ClN2O3/c1-13-6-9-18-19(10-13)23(29)26(22(18)28)17-5-3-4-15(11-17)21(27)25-20-12-16(24)8-7-14(20)2/h3-5,7-8,11-13,18-19H,6,9-10H2,1-2H3,(H,25,27)/t13-,18+,19+/m0/s1. The lowest BCUT2D eigenvalue weighted by Gasteiger charge is -2.25. The quantitative estimate of drug-likeness (QED) is 0.737. The van der Waals surface area contributed by atoms with Gasteiger partial charge in [0.2, 0.25) is 11.8 Å². The van der Waals surface area contributed by atoms with Crippen LogP contribution in [0.1, 0.15) is 42.1 Å². The molecule has 1 aliphatic heterocycles. The molecule has 29 heavy (non-hydrogen) atoms. The van der Waals surface area contributed by atoms with Crippen molar-refractivity contribution in [3.8, 4) is 0 Å². The normalized spacial score (nSPS) is 23.8. The van der Waals surface area contributed by atoms with Crippen molar-refractivity contribution < 1.29 is 14.4 Å². The summed E-state index contributed by atoms with van der Waals surface area (Å²) in [6, 6.07) is 12.0. The molecular formula is C23H23ClN2O3. The highest BCUT2D eigenvalue weighted by Gasteiger charge is 2.50. The molecule has 2 aromatic carbocycles. The Hall–Kier alpha value is -2.66. The Kier molecular flexibility index (Phi) is 5.17. The van der Waals surface area contributed by atoms with E-state index >= 15 is 0 Å². The van der Waals surface area contributed by atoms with Gasteiger partial charge in [0, 0.05) is 16.3 Å². The van der Waals surface area contributed by atoms with E-state index in [-0.39, 0.29) is 29.6 Å². The summed E-state index contributed by atoms with van der Waals surface area (Å²) in [7, 11) is 0. The fourth-order valence-corrected chi connectivity index (χ4v) is 4.53. The van der Waals surface area contributed by atoms with E-state index in [9.17, 15) is 14.4 Å². The third kappa shape index (κ3) is 3.67. The van der Waals surface area contributed by atoms with Gasteiger partial charge in [0.05, 0.1) is 17.5 Å². The number of nitrogens with one attached hydrogen (secondary N) is 1. The first-order valence-electron chi connectivity index (χ1n) is 9.90. The highest BCUT2D eigenvalue weighted by Crippen LogP contribution is 2.42. The number of imide groups is 1. The number of amides is 3. The molecule has 0 bridgehead atoms. The maximum atomic E-state index is 12.9. The minimum Gasteiger partial charge on any atom is -0.322 e. The maximum Gasteiger partial charge on any atom is 0.255 e. The smallest absolute Gasteiger partial charge is 0.255 e. The van der Waals surface area contributed by atoms with E-state index in [1.807, 2.05) is 13.0 Å². The van der Waals surface area contributed by atoms with E-state index < -0.39 is 0 Å². The summed E-state index contributed by atoms with van der Waals surface area (Å²) in [6.07, 6.45) is 2.47. The molecule has 0 unspecified atom stereocenters. The van der Waals surface area contributed by atoms with Crippen LogP contribution in [0.25, 0.3) is 0 Å². The second-order valence-corrected chi connectivity index (χ2v) is 8.54. The Labute approximate surface area is 175 Å². The molecule has 2 aliphatic rings. The lowest BCUT2D eigenvalue weighted by Crippen LogP contribution is -2.31. The molecule has 0 spiro atoms. The zero-order chi connectivity index (χ0) is 20.7. The molecular weight excluding hydrogens is 388 g/mol. The molecule has 3 atom stereocenters. The monoisotopic (exact) mass is 410 g/mol. The molecule has 1 heterocycles. The first kappa shape index (κ1) is 19.6. The van der Waals surface area contributed by atoms with Gasteiger partial charge in [-0.15, -0.1) is 0 Å². The number of halogens is 1. The minimum absolute atomic E-state index is 0.143. The summed E-state index contributed by atoms with van der Waals surface area (Å²) in [5, 5.41) is 3.38. The largest absolute Gasteiger partial charge is 0.322 e. The molecule has 1 aliphatic carbocycles. The van der Waals surface area contributed by atoms with Gasteiger partial charge in [-0.3, -0.25) is 19.3 Å². The van der Waals surface area contributed by atoms with E-state index in [0.29, 0.717) is 27.9 Å². The van der Waals surface area contributed by atoms with Gasteiger partial charge in [-0.25, -0.2) is 0 Å². The Morgan fingerprint density at radius 3 is 2.62 bits per heavy atom. The SMILES string of the molecule is Cc1ccc(Cl)cc1NC(=O)c1cccc(N2C(=O)[C@@H]3CC[C@H](C)C[C@H]3C2=O)c1. The van der Waals surface area contributed by atoms with Gasteiger partial charge in [0.15, 0.2) is 0 Å². The van der Waals surface area contributed by atoms with Gasteiger partial charge in [-0.2, -0.15) is 0 Å². The van der Waals surface area contributed by atoms with Crippen LogP contribution in [0.15, 0.2) is 42.5 Å². The number of carbonyl (C=O) groups excluding carboxylic acids is 3. The number of hydrogen-bond acceptors (Lipinski definition) is 3. The number of hydrogen-bond donors (Lipinski definition) is 1. The van der Waals surface area contributed by atoms with Crippen LogP contribution in [-0.4, -0.2) is 17.7 Å². The Bertz CT molecular complexity index is 1000. The Morgan fingerprint density at radius 2 is 1.83 bits per heavy atom. The third-order valence-electron chi connectivity index (χ3n) is 6.00. The van der Waals surface area contributed by atoms with E-state index in [1.54, 1.807) is 36.4 Å². The van der Waals surface area contributed by atoms with Crippen LogP contribution in [0.3, 0.4) is 0 Å². The molecule has 1 saturated carbocycles. The van der Waals surface area contributed by atoms with Gasteiger partial charge < -0.3 is 5.32 Å². The van der Waals surface area contributed by atoms with Crippen molar-refractivity contribution in [2.75, 3.05) is 10.2 Å². The molecule has 2 aromatic rings. The van der Waals surface area contributed by atoms with E-state index in [1.165, 1.54) is 4.90 Å². The molecule has 4 rings (SSSR count). The van der Waals surface area contributed by atoms with Gasteiger partial charge in [0.25, 0.3) is 5.91 Å². The zero-order valence-electron chi connectivity index (χ0n) is 16.4. The fourth-order valence-electron chi connectivity index (χ4n) is 4.35. The summed E-state index contributed by atoms with van der Waals surface area (Å²) in [6.45, 7) is 4.01. The van der Waals surface area contributed by atoms with E-state index in [4.69, 9.17) is 11.6 Å². The average Bonchev–Trinajstić information content (AvgIpc) is 2.94. The number of rotatable bonds is 3. The molecule has 150 valence electrons. The second kappa shape index (κ2) is 7.64. The van der Waals surface area contributed by atoms with Crippen molar-refractivity contribution in [3.05, 3.63) is 58.6 Å². The molecule has 6 heteroatoms. The molecule has 2 fully saturated rings. The van der Waals surface area contributed by atoms with Crippen LogP contribution < -0.4 is 10.2 Å². The fraction of sp³-hybridized carbons (Fsp3) is 0.348. The average molecular weight is 411 g/mol. The van der Waals surface area contributed by atoms with Crippen LogP contribution in [-0.2, 0) is 9.59 Å². The molecule has 0 radical (unpaired) electrons. The number of fused-ring (bicyclic) bond motifs is 1. The Morgan fingerprint density at radius 1 is 1.07 bits per heavy atom. The van der Waals surface area contributed by atoms with Crippen LogP contribution in [0.5, 0.6) is 0 Å². The predicted molar refractivity (Wildman–Crippen MR) is 113 cm³/mol. The number of carbonyl (C=O) groups is 3. The van der Waals surface area contributed by atoms with Crippen molar-refractivity contribution in [1.29, 1.82) is 0 Å². The predicted octanol–water partition coefficient (Wildman–Crippen LogP) is 4.83. The van der Waals surface area contributed by atoms with Gasteiger partial charge in [-0.05, 0) is 68.0 Å². The van der Waals surface area contributed by atoms with E-state index in [0.717, 1.165) is 24.8 Å². The number of aryl methyl sites for hydroxylation is 1. The van der Waals surface area contributed by atoms with Gasteiger partial charge in [0.1, 0.15) is 0 Å². The minimum atomic E-state index is -0.317. The molecule has 0 aromatic heterocycles. The highest BCUT2D eigenvalue weighted by atomic mass is 35.5. The second-order valence-electron chi connectivity index (χ2n) is 8.11. The molecule has 3 amide bonds.